The third-order valence-corrected chi connectivity index (χ3v) is 2.47. The lowest BCUT2D eigenvalue weighted by atomic mass is 10.0. The fourth-order valence-corrected chi connectivity index (χ4v) is 1.58. The number of nitrogens with one attached hydrogen (secondary N) is 1. The standard InChI is InChI=1S/C12H14F3N3O2/c1-2-3-10(19)17-7-4-5-8(11(16)18-20)9(6-7)12(13,14)15/h4-6,20H,2-3H2,1H3,(H2,16,18)(H,17,19). The molecule has 110 valence electrons. The second-order valence-corrected chi connectivity index (χ2v) is 4.04. The van der Waals surface area contributed by atoms with Gasteiger partial charge in [-0.15, -0.1) is 0 Å². The number of carbonyl (C=O) groups is 1. The molecule has 0 bridgehead atoms. The van der Waals surface area contributed by atoms with Crippen molar-refractivity contribution in [3.8, 4) is 0 Å². The number of alkyl halides is 3. The molecule has 5 nitrogen and oxygen atoms in total. The summed E-state index contributed by atoms with van der Waals surface area (Å²) in [5.41, 5.74) is 3.68. The van der Waals surface area contributed by atoms with Crippen molar-refractivity contribution in [2.75, 3.05) is 5.32 Å². The highest BCUT2D eigenvalue weighted by atomic mass is 19.4. The summed E-state index contributed by atoms with van der Waals surface area (Å²) in [7, 11) is 0. The number of benzene rings is 1. The Kier molecular flexibility index (Phi) is 4.95. The predicted octanol–water partition coefficient (Wildman–Crippen LogP) is 2.54. The van der Waals surface area contributed by atoms with Gasteiger partial charge in [0.25, 0.3) is 0 Å². The Labute approximate surface area is 113 Å². The van der Waals surface area contributed by atoms with Crippen molar-refractivity contribution in [2.45, 2.75) is 25.9 Å². The molecule has 0 atom stereocenters. The smallest absolute Gasteiger partial charge is 0.409 e. The molecule has 1 aromatic carbocycles. The summed E-state index contributed by atoms with van der Waals surface area (Å²) in [6, 6.07) is 3.05. The van der Waals surface area contributed by atoms with Gasteiger partial charge >= 0.3 is 6.18 Å². The average Bonchev–Trinajstić information content (AvgIpc) is 2.37. The van der Waals surface area contributed by atoms with Crippen LogP contribution in [0.25, 0.3) is 0 Å². The van der Waals surface area contributed by atoms with E-state index in [1.807, 2.05) is 0 Å². The molecule has 0 aliphatic rings. The summed E-state index contributed by atoms with van der Waals surface area (Å²) in [4.78, 5) is 11.4. The molecule has 0 aliphatic carbocycles. The summed E-state index contributed by atoms with van der Waals surface area (Å²) in [5.74, 6) is -1.03. The van der Waals surface area contributed by atoms with Crippen LogP contribution < -0.4 is 11.1 Å². The molecule has 0 heterocycles. The van der Waals surface area contributed by atoms with Crippen molar-refractivity contribution in [1.82, 2.24) is 0 Å². The molecule has 0 radical (unpaired) electrons. The molecule has 0 saturated carbocycles. The lowest BCUT2D eigenvalue weighted by molar-refractivity contribution is -0.137. The molecule has 1 rings (SSSR count). The maximum atomic E-state index is 12.9. The van der Waals surface area contributed by atoms with E-state index in [2.05, 4.69) is 10.5 Å². The minimum absolute atomic E-state index is 0.00487. The molecule has 0 aliphatic heterocycles. The number of oxime groups is 1. The minimum Gasteiger partial charge on any atom is -0.409 e. The topological polar surface area (TPSA) is 87.7 Å². The van der Waals surface area contributed by atoms with Gasteiger partial charge in [-0.3, -0.25) is 4.79 Å². The number of nitrogens with zero attached hydrogens (tertiary/aromatic N) is 1. The first-order valence-electron chi connectivity index (χ1n) is 5.78. The molecular formula is C12H14F3N3O2. The van der Waals surface area contributed by atoms with Crippen molar-refractivity contribution in [3.63, 3.8) is 0 Å². The second kappa shape index (κ2) is 6.27. The van der Waals surface area contributed by atoms with Crippen LogP contribution in [0.3, 0.4) is 0 Å². The van der Waals surface area contributed by atoms with Crippen molar-refractivity contribution < 1.29 is 23.2 Å². The van der Waals surface area contributed by atoms with Crippen LogP contribution in [-0.2, 0) is 11.0 Å². The van der Waals surface area contributed by atoms with E-state index in [0.29, 0.717) is 6.42 Å². The van der Waals surface area contributed by atoms with Gasteiger partial charge in [-0.2, -0.15) is 13.2 Å². The maximum Gasteiger partial charge on any atom is 0.417 e. The van der Waals surface area contributed by atoms with Gasteiger partial charge in [0, 0.05) is 17.7 Å². The quantitative estimate of drug-likeness (QED) is 0.344. The summed E-state index contributed by atoms with van der Waals surface area (Å²) < 4.78 is 38.7. The van der Waals surface area contributed by atoms with E-state index in [4.69, 9.17) is 10.9 Å². The van der Waals surface area contributed by atoms with Gasteiger partial charge in [0.2, 0.25) is 5.91 Å². The number of halogens is 3. The summed E-state index contributed by atoms with van der Waals surface area (Å²) in [6.07, 6.45) is -3.89. The zero-order chi connectivity index (χ0) is 15.3. The van der Waals surface area contributed by atoms with E-state index in [1.165, 1.54) is 6.07 Å². The Morgan fingerprint density at radius 1 is 1.45 bits per heavy atom. The van der Waals surface area contributed by atoms with Crippen LogP contribution in [0.5, 0.6) is 0 Å². The van der Waals surface area contributed by atoms with Crippen LogP contribution in [0.2, 0.25) is 0 Å². The average molecular weight is 289 g/mol. The zero-order valence-electron chi connectivity index (χ0n) is 10.7. The Hall–Kier alpha value is -2.25. The van der Waals surface area contributed by atoms with E-state index < -0.39 is 23.1 Å². The Morgan fingerprint density at radius 3 is 2.60 bits per heavy atom. The predicted molar refractivity (Wildman–Crippen MR) is 67.5 cm³/mol. The van der Waals surface area contributed by atoms with Gasteiger partial charge in [0.05, 0.1) is 5.56 Å². The Bertz CT molecular complexity index is 527. The van der Waals surface area contributed by atoms with Gasteiger partial charge < -0.3 is 16.3 Å². The molecule has 0 unspecified atom stereocenters. The highest BCUT2D eigenvalue weighted by molar-refractivity contribution is 5.99. The first kappa shape index (κ1) is 15.8. The zero-order valence-corrected chi connectivity index (χ0v) is 10.7. The normalized spacial score (nSPS) is 12.3. The molecule has 0 fully saturated rings. The second-order valence-electron chi connectivity index (χ2n) is 4.04. The third kappa shape index (κ3) is 3.87. The van der Waals surface area contributed by atoms with Gasteiger partial charge in [-0.25, -0.2) is 0 Å². The van der Waals surface area contributed by atoms with Gasteiger partial charge in [0.15, 0.2) is 5.84 Å². The molecule has 1 amide bonds. The summed E-state index contributed by atoms with van der Waals surface area (Å²) in [5, 5.41) is 13.4. The van der Waals surface area contributed by atoms with E-state index in [-0.39, 0.29) is 18.0 Å². The van der Waals surface area contributed by atoms with Crippen molar-refractivity contribution in [1.29, 1.82) is 0 Å². The number of amidine groups is 1. The fourth-order valence-electron chi connectivity index (χ4n) is 1.58. The highest BCUT2D eigenvalue weighted by Crippen LogP contribution is 2.33. The first-order chi connectivity index (χ1) is 9.29. The minimum atomic E-state index is -4.68. The maximum absolute atomic E-state index is 12.9. The first-order valence-corrected chi connectivity index (χ1v) is 5.78. The molecule has 8 heteroatoms. The molecular weight excluding hydrogens is 275 g/mol. The molecule has 20 heavy (non-hydrogen) atoms. The number of anilines is 1. The summed E-state index contributed by atoms with van der Waals surface area (Å²) in [6.45, 7) is 1.78. The SMILES string of the molecule is CCCC(=O)Nc1ccc(C(N)=NO)c(C(F)(F)F)c1. The Morgan fingerprint density at radius 2 is 2.10 bits per heavy atom. The molecule has 4 N–H and O–H groups in total. The van der Waals surface area contributed by atoms with Crippen molar-refractivity contribution >= 4 is 17.4 Å². The summed E-state index contributed by atoms with van der Waals surface area (Å²) >= 11 is 0. The lowest BCUT2D eigenvalue weighted by Gasteiger charge is -2.14. The van der Waals surface area contributed by atoms with Crippen LogP contribution >= 0.6 is 0 Å². The Balaban J connectivity index is 3.18. The van der Waals surface area contributed by atoms with Crippen LogP contribution in [0.4, 0.5) is 18.9 Å². The fraction of sp³-hybridized carbons (Fsp3) is 0.333. The van der Waals surface area contributed by atoms with Gasteiger partial charge in [-0.05, 0) is 24.6 Å². The van der Waals surface area contributed by atoms with Crippen LogP contribution in [0.1, 0.15) is 30.9 Å². The van der Waals surface area contributed by atoms with Crippen LogP contribution in [-0.4, -0.2) is 17.0 Å². The third-order valence-electron chi connectivity index (χ3n) is 2.47. The van der Waals surface area contributed by atoms with Crippen molar-refractivity contribution in [2.24, 2.45) is 10.9 Å². The number of nitrogens with two attached hydrogens (primary N) is 1. The van der Waals surface area contributed by atoms with Crippen LogP contribution in [0, 0.1) is 0 Å². The van der Waals surface area contributed by atoms with Crippen molar-refractivity contribution in [3.05, 3.63) is 29.3 Å². The monoisotopic (exact) mass is 289 g/mol. The largest absolute Gasteiger partial charge is 0.417 e. The van der Waals surface area contributed by atoms with Gasteiger partial charge in [0.1, 0.15) is 0 Å². The number of amides is 1. The molecule has 0 saturated heterocycles. The van der Waals surface area contributed by atoms with E-state index >= 15 is 0 Å². The number of hydrogen-bond acceptors (Lipinski definition) is 3. The molecule has 0 spiro atoms. The number of hydrogen-bond donors (Lipinski definition) is 3. The van der Waals surface area contributed by atoms with E-state index in [9.17, 15) is 18.0 Å². The highest BCUT2D eigenvalue weighted by Gasteiger charge is 2.34. The van der Waals surface area contributed by atoms with Gasteiger partial charge in [-0.1, -0.05) is 12.1 Å². The van der Waals surface area contributed by atoms with Crippen LogP contribution in [0.15, 0.2) is 23.4 Å². The molecule has 0 aromatic heterocycles. The number of carbonyl (C=O) groups excluding carboxylic acids is 1. The number of rotatable bonds is 4. The van der Waals surface area contributed by atoms with E-state index in [1.54, 1.807) is 6.92 Å². The van der Waals surface area contributed by atoms with E-state index in [0.717, 1.165) is 12.1 Å². The molecule has 1 aromatic rings. The lowest BCUT2D eigenvalue weighted by Crippen LogP contribution is -2.20.